The summed E-state index contributed by atoms with van der Waals surface area (Å²) in [6, 6.07) is 1.80. The number of hydrogen-bond acceptors (Lipinski definition) is 4. The maximum absolute atomic E-state index is 9.37. The zero-order valence-corrected chi connectivity index (χ0v) is 6.92. The lowest BCUT2D eigenvalue weighted by Crippen LogP contribution is -1.98. The highest BCUT2D eigenvalue weighted by Gasteiger charge is 2.07. The fraction of sp³-hybridized carbons (Fsp3) is 0.571. The summed E-state index contributed by atoms with van der Waals surface area (Å²) < 4.78 is 3.98. The van der Waals surface area contributed by atoms with Crippen molar-refractivity contribution in [3.8, 4) is 0 Å². The number of hydrogen-bond donors (Lipinski definition) is 2. The molecule has 0 saturated heterocycles. The molecule has 0 fully saturated rings. The quantitative estimate of drug-likeness (QED) is 0.712. The first-order valence-corrected chi connectivity index (χ1v) is 4.37. The van der Waals surface area contributed by atoms with Gasteiger partial charge >= 0.3 is 0 Å². The van der Waals surface area contributed by atoms with Gasteiger partial charge in [0.1, 0.15) is 0 Å². The summed E-state index contributed by atoms with van der Waals surface area (Å²) in [6.45, 7) is 0.126. The van der Waals surface area contributed by atoms with E-state index in [4.69, 9.17) is 5.11 Å². The van der Waals surface area contributed by atoms with E-state index >= 15 is 0 Å². The predicted molar refractivity (Wildman–Crippen MR) is 43.4 cm³/mol. The average Bonchev–Trinajstić information content (AvgIpc) is 2.52. The van der Waals surface area contributed by atoms with Gasteiger partial charge in [-0.05, 0) is 30.4 Å². The first kappa shape index (κ1) is 8.64. The van der Waals surface area contributed by atoms with Crippen LogP contribution in [0.2, 0.25) is 0 Å². The van der Waals surface area contributed by atoms with E-state index in [9.17, 15) is 5.11 Å². The van der Waals surface area contributed by atoms with Crippen LogP contribution in [0.4, 0.5) is 0 Å². The lowest BCUT2D eigenvalue weighted by molar-refractivity contribution is 0.148. The molecule has 3 nitrogen and oxygen atoms in total. The fourth-order valence-electron chi connectivity index (χ4n) is 0.826. The maximum atomic E-state index is 9.37. The third-order valence-electron chi connectivity index (χ3n) is 1.43. The second kappa shape index (κ2) is 4.43. The van der Waals surface area contributed by atoms with Crippen LogP contribution in [-0.2, 0) is 0 Å². The van der Waals surface area contributed by atoms with Gasteiger partial charge < -0.3 is 10.2 Å². The Bertz CT molecular complexity index is 188. The van der Waals surface area contributed by atoms with Gasteiger partial charge in [0.05, 0.1) is 11.8 Å². The van der Waals surface area contributed by atoms with Crippen molar-refractivity contribution in [3.05, 3.63) is 17.1 Å². The summed E-state index contributed by atoms with van der Waals surface area (Å²) in [5, 5.41) is 19.7. The molecule has 0 aliphatic carbocycles. The summed E-state index contributed by atoms with van der Waals surface area (Å²) in [4.78, 5) is 0. The van der Waals surface area contributed by atoms with Gasteiger partial charge in [-0.15, -0.1) is 0 Å². The molecule has 0 spiro atoms. The van der Waals surface area contributed by atoms with Crippen molar-refractivity contribution in [3.63, 3.8) is 0 Å². The van der Waals surface area contributed by atoms with E-state index < -0.39 is 6.10 Å². The Labute approximate surface area is 69.5 Å². The Morgan fingerprint density at radius 3 is 3.00 bits per heavy atom. The zero-order valence-electron chi connectivity index (χ0n) is 6.10. The lowest BCUT2D eigenvalue weighted by Gasteiger charge is -2.04. The monoisotopic (exact) mass is 173 g/mol. The van der Waals surface area contributed by atoms with E-state index in [1.54, 1.807) is 6.07 Å². The highest BCUT2D eigenvalue weighted by molar-refractivity contribution is 7.03. The lowest BCUT2D eigenvalue weighted by atomic mass is 10.1. The van der Waals surface area contributed by atoms with Crippen LogP contribution in [0, 0.1) is 0 Å². The van der Waals surface area contributed by atoms with Crippen molar-refractivity contribution >= 4 is 11.5 Å². The highest BCUT2D eigenvalue weighted by atomic mass is 32.1. The van der Waals surface area contributed by atoms with E-state index in [-0.39, 0.29) is 6.61 Å². The molecular weight excluding hydrogens is 162 g/mol. The number of aromatic nitrogens is 1. The van der Waals surface area contributed by atoms with Crippen molar-refractivity contribution in [1.82, 2.24) is 4.37 Å². The normalized spacial score (nSPS) is 13.3. The maximum Gasteiger partial charge on any atom is 0.0971 e. The van der Waals surface area contributed by atoms with Crippen molar-refractivity contribution in [1.29, 1.82) is 0 Å². The molecule has 62 valence electrons. The number of aliphatic hydroxyl groups excluding tert-OH is 2. The van der Waals surface area contributed by atoms with E-state index in [1.165, 1.54) is 11.5 Å². The van der Waals surface area contributed by atoms with Crippen LogP contribution in [0.5, 0.6) is 0 Å². The smallest absolute Gasteiger partial charge is 0.0971 e. The van der Waals surface area contributed by atoms with Crippen molar-refractivity contribution in [2.75, 3.05) is 6.61 Å². The minimum absolute atomic E-state index is 0.126. The van der Waals surface area contributed by atoms with Gasteiger partial charge in [0.25, 0.3) is 0 Å². The molecule has 0 aliphatic heterocycles. The molecular formula is C7H11NO2S. The second-order valence-electron chi connectivity index (χ2n) is 2.31. The van der Waals surface area contributed by atoms with Crippen molar-refractivity contribution < 1.29 is 10.2 Å². The van der Waals surface area contributed by atoms with Crippen LogP contribution in [-0.4, -0.2) is 21.2 Å². The van der Waals surface area contributed by atoms with Gasteiger partial charge in [-0.3, -0.25) is 0 Å². The first-order chi connectivity index (χ1) is 5.34. The average molecular weight is 173 g/mol. The molecule has 1 rings (SSSR count). The van der Waals surface area contributed by atoms with Crippen LogP contribution in [0.1, 0.15) is 24.6 Å². The van der Waals surface area contributed by atoms with Crippen LogP contribution in [0.15, 0.2) is 11.4 Å². The molecule has 4 heteroatoms. The topological polar surface area (TPSA) is 53.4 Å². The van der Waals surface area contributed by atoms with Gasteiger partial charge in [0, 0.05) is 12.0 Å². The molecule has 1 aromatic heterocycles. The van der Waals surface area contributed by atoms with Crippen molar-refractivity contribution in [2.24, 2.45) is 0 Å². The van der Waals surface area contributed by atoms with E-state index in [0.717, 1.165) is 0 Å². The third-order valence-corrected chi connectivity index (χ3v) is 2.01. The molecule has 0 aromatic carbocycles. The Morgan fingerprint density at radius 2 is 2.45 bits per heavy atom. The number of aliphatic hydroxyl groups is 2. The van der Waals surface area contributed by atoms with Gasteiger partial charge in [0.15, 0.2) is 0 Å². The number of nitrogens with zero attached hydrogens (tertiary/aromatic N) is 1. The van der Waals surface area contributed by atoms with E-state index in [2.05, 4.69) is 4.37 Å². The molecule has 11 heavy (non-hydrogen) atoms. The molecule has 1 atom stereocenters. The van der Waals surface area contributed by atoms with Crippen LogP contribution in [0.3, 0.4) is 0 Å². The molecule has 0 saturated carbocycles. The van der Waals surface area contributed by atoms with Crippen molar-refractivity contribution in [2.45, 2.75) is 18.9 Å². The molecule has 1 heterocycles. The molecule has 2 N–H and O–H groups in total. The summed E-state index contributed by atoms with van der Waals surface area (Å²) >= 11 is 1.33. The summed E-state index contributed by atoms with van der Waals surface area (Å²) in [5.41, 5.74) is 0.712. The van der Waals surface area contributed by atoms with Gasteiger partial charge in [-0.1, -0.05) is 0 Å². The Kier molecular flexibility index (Phi) is 3.48. The van der Waals surface area contributed by atoms with E-state index in [0.29, 0.717) is 18.5 Å². The first-order valence-electron chi connectivity index (χ1n) is 3.54. The molecule has 0 radical (unpaired) electrons. The standard InChI is InChI=1S/C7H11NO2S/c9-4-1-2-7(10)6-3-5-11-8-6/h3,5,7,9-10H,1-2,4H2. The zero-order chi connectivity index (χ0) is 8.10. The predicted octanol–water partition coefficient (Wildman–Crippen LogP) is 0.949. The Morgan fingerprint density at radius 1 is 1.64 bits per heavy atom. The van der Waals surface area contributed by atoms with Gasteiger partial charge in [-0.25, -0.2) is 0 Å². The van der Waals surface area contributed by atoms with Gasteiger partial charge in [-0.2, -0.15) is 4.37 Å². The Hall–Kier alpha value is -0.450. The SMILES string of the molecule is OCCCC(O)c1ccsn1. The number of rotatable bonds is 4. The molecule has 1 aromatic rings. The molecule has 0 bridgehead atoms. The summed E-state index contributed by atoms with van der Waals surface area (Å²) in [5.74, 6) is 0. The molecule has 0 aliphatic rings. The fourth-order valence-corrected chi connectivity index (χ4v) is 1.39. The highest BCUT2D eigenvalue weighted by Crippen LogP contribution is 2.16. The summed E-state index contributed by atoms with van der Waals surface area (Å²) in [7, 11) is 0. The van der Waals surface area contributed by atoms with Crippen LogP contribution < -0.4 is 0 Å². The van der Waals surface area contributed by atoms with E-state index in [1.807, 2.05) is 5.38 Å². The minimum Gasteiger partial charge on any atom is -0.396 e. The van der Waals surface area contributed by atoms with Gasteiger partial charge in [0.2, 0.25) is 0 Å². The summed E-state index contributed by atoms with van der Waals surface area (Å²) in [6.07, 6.45) is 0.701. The Balaban J connectivity index is 2.36. The van der Waals surface area contributed by atoms with Crippen LogP contribution >= 0.6 is 11.5 Å². The van der Waals surface area contributed by atoms with Crippen LogP contribution in [0.25, 0.3) is 0 Å². The second-order valence-corrected chi connectivity index (χ2v) is 2.97. The third kappa shape index (κ3) is 2.57. The largest absolute Gasteiger partial charge is 0.396 e. The molecule has 1 unspecified atom stereocenters. The molecule has 0 amide bonds. The minimum atomic E-state index is -0.506.